The number of aromatic amines is 1. The summed E-state index contributed by atoms with van der Waals surface area (Å²) in [6.45, 7) is 0. The van der Waals surface area contributed by atoms with Crippen molar-refractivity contribution in [3.63, 3.8) is 0 Å². The predicted octanol–water partition coefficient (Wildman–Crippen LogP) is 3.57. The van der Waals surface area contributed by atoms with E-state index >= 15 is 0 Å². The Hall–Kier alpha value is -1.81. The number of H-pyrrole nitrogens is 1. The molecule has 3 N–H and O–H groups in total. The normalized spacial score (nSPS) is 10.9. The Labute approximate surface area is 107 Å². The number of aromatic nitrogens is 2. The fourth-order valence-corrected chi connectivity index (χ4v) is 2.13. The molecule has 84 valence electrons. The van der Waals surface area contributed by atoms with E-state index in [-0.39, 0.29) is 0 Å². The lowest BCUT2D eigenvalue weighted by atomic mass is 10.1. The van der Waals surface area contributed by atoms with Crippen LogP contribution in [-0.2, 0) is 0 Å². The van der Waals surface area contributed by atoms with E-state index in [4.69, 9.17) is 5.73 Å². The summed E-state index contributed by atoms with van der Waals surface area (Å²) >= 11 is 3.37. The first kappa shape index (κ1) is 10.4. The minimum Gasteiger partial charge on any atom is -0.399 e. The molecule has 0 aliphatic carbocycles. The van der Waals surface area contributed by atoms with Gasteiger partial charge in [0.25, 0.3) is 0 Å². The van der Waals surface area contributed by atoms with Gasteiger partial charge in [-0.2, -0.15) is 0 Å². The second-order valence-corrected chi connectivity index (χ2v) is 4.68. The molecule has 0 spiro atoms. The quantitative estimate of drug-likeness (QED) is 0.531. The number of nitrogen functional groups attached to an aromatic ring is 1. The number of nitrogens with zero attached hydrogens (tertiary/aromatic N) is 1. The first-order valence-corrected chi connectivity index (χ1v) is 6.03. The molecule has 0 aliphatic rings. The molecule has 0 atom stereocenters. The number of hydrogen-bond donors (Lipinski definition) is 2. The van der Waals surface area contributed by atoms with E-state index in [9.17, 15) is 0 Å². The van der Waals surface area contributed by atoms with Crippen LogP contribution >= 0.6 is 15.9 Å². The third kappa shape index (κ3) is 1.91. The molecule has 3 aromatic rings. The smallest absolute Gasteiger partial charge is 0.106 e. The highest BCUT2D eigenvalue weighted by Crippen LogP contribution is 2.24. The number of benzene rings is 1. The lowest BCUT2D eigenvalue weighted by Gasteiger charge is -1.97. The van der Waals surface area contributed by atoms with Gasteiger partial charge in [-0.15, -0.1) is 0 Å². The van der Waals surface area contributed by atoms with Gasteiger partial charge in [-0.25, -0.2) is 4.98 Å². The van der Waals surface area contributed by atoms with Gasteiger partial charge in [-0.1, -0.05) is 12.1 Å². The Morgan fingerprint density at radius 1 is 1.06 bits per heavy atom. The van der Waals surface area contributed by atoms with Gasteiger partial charge >= 0.3 is 0 Å². The van der Waals surface area contributed by atoms with Crippen LogP contribution in [0.3, 0.4) is 0 Å². The number of anilines is 1. The molecule has 0 radical (unpaired) electrons. The van der Waals surface area contributed by atoms with Gasteiger partial charge in [0.05, 0.1) is 11.0 Å². The van der Waals surface area contributed by atoms with Crippen LogP contribution in [0.15, 0.2) is 47.1 Å². The van der Waals surface area contributed by atoms with Crippen molar-refractivity contribution < 1.29 is 0 Å². The van der Waals surface area contributed by atoms with Gasteiger partial charge in [0.15, 0.2) is 0 Å². The number of nitrogens with two attached hydrogens (primary N) is 1. The first-order chi connectivity index (χ1) is 8.22. The third-order valence-corrected chi connectivity index (χ3v) is 3.10. The Morgan fingerprint density at radius 2 is 1.82 bits per heavy atom. The molecule has 2 aromatic heterocycles. The van der Waals surface area contributed by atoms with Crippen molar-refractivity contribution in [1.82, 2.24) is 9.97 Å². The summed E-state index contributed by atoms with van der Waals surface area (Å²) in [6, 6.07) is 13.7. The first-order valence-electron chi connectivity index (χ1n) is 5.23. The van der Waals surface area contributed by atoms with Crippen molar-refractivity contribution in [2.24, 2.45) is 0 Å². The minimum atomic E-state index is 0.769. The maximum Gasteiger partial charge on any atom is 0.106 e. The zero-order valence-electron chi connectivity index (χ0n) is 8.94. The van der Waals surface area contributed by atoms with Crippen LogP contribution in [0.5, 0.6) is 0 Å². The number of hydrogen-bond acceptors (Lipinski definition) is 2. The monoisotopic (exact) mass is 287 g/mol. The maximum atomic E-state index is 5.67. The predicted molar refractivity (Wildman–Crippen MR) is 73.6 cm³/mol. The molecule has 17 heavy (non-hydrogen) atoms. The molecule has 0 saturated carbocycles. The van der Waals surface area contributed by atoms with E-state index in [1.165, 1.54) is 0 Å². The number of nitrogens with one attached hydrogen (secondary N) is 1. The van der Waals surface area contributed by atoms with Crippen LogP contribution < -0.4 is 5.73 Å². The average Bonchev–Trinajstić information content (AvgIpc) is 2.72. The van der Waals surface area contributed by atoms with E-state index in [1.807, 2.05) is 42.5 Å². The molecule has 3 rings (SSSR count). The van der Waals surface area contributed by atoms with E-state index < -0.39 is 0 Å². The molecule has 2 heterocycles. The summed E-state index contributed by atoms with van der Waals surface area (Å²) in [5.74, 6) is 0. The summed E-state index contributed by atoms with van der Waals surface area (Å²) in [6.07, 6.45) is 0. The number of pyridine rings is 1. The van der Waals surface area contributed by atoms with E-state index in [0.29, 0.717) is 0 Å². The van der Waals surface area contributed by atoms with Gasteiger partial charge in [-0.3, -0.25) is 0 Å². The van der Waals surface area contributed by atoms with Crippen molar-refractivity contribution >= 4 is 32.7 Å². The van der Waals surface area contributed by atoms with Gasteiger partial charge in [0, 0.05) is 11.4 Å². The highest BCUT2D eigenvalue weighted by atomic mass is 79.9. The fraction of sp³-hybridized carbons (Fsp3) is 0. The zero-order valence-corrected chi connectivity index (χ0v) is 10.5. The van der Waals surface area contributed by atoms with E-state index in [0.717, 1.165) is 32.6 Å². The summed E-state index contributed by atoms with van der Waals surface area (Å²) < 4.78 is 0.841. The zero-order chi connectivity index (χ0) is 11.8. The Kier molecular flexibility index (Phi) is 2.37. The molecule has 4 heteroatoms. The highest BCUT2D eigenvalue weighted by molar-refractivity contribution is 9.10. The lowest BCUT2D eigenvalue weighted by Crippen LogP contribution is -1.83. The molecular weight excluding hydrogens is 278 g/mol. The second-order valence-electron chi connectivity index (χ2n) is 3.87. The van der Waals surface area contributed by atoms with Crippen LogP contribution in [0, 0.1) is 0 Å². The molecule has 0 bridgehead atoms. The Balaban J connectivity index is 2.14. The molecule has 0 fully saturated rings. The van der Waals surface area contributed by atoms with Crippen molar-refractivity contribution in [3.05, 3.63) is 47.1 Å². The highest BCUT2D eigenvalue weighted by Gasteiger charge is 2.04. The van der Waals surface area contributed by atoms with Crippen LogP contribution in [0.2, 0.25) is 0 Å². The van der Waals surface area contributed by atoms with Gasteiger partial charge in [-0.05, 0) is 51.8 Å². The third-order valence-electron chi connectivity index (χ3n) is 2.66. The van der Waals surface area contributed by atoms with Crippen LogP contribution in [-0.4, -0.2) is 9.97 Å². The molecule has 0 aliphatic heterocycles. The summed E-state index contributed by atoms with van der Waals surface area (Å²) in [5, 5.41) is 0. The van der Waals surface area contributed by atoms with Gasteiger partial charge < -0.3 is 10.7 Å². The van der Waals surface area contributed by atoms with Crippen LogP contribution in [0.1, 0.15) is 0 Å². The van der Waals surface area contributed by atoms with Crippen molar-refractivity contribution in [1.29, 1.82) is 0 Å². The van der Waals surface area contributed by atoms with E-state index in [2.05, 4.69) is 25.9 Å². The molecule has 3 nitrogen and oxygen atoms in total. The molecule has 0 amide bonds. The van der Waals surface area contributed by atoms with E-state index in [1.54, 1.807) is 0 Å². The van der Waals surface area contributed by atoms with Gasteiger partial charge in [0.1, 0.15) is 4.60 Å². The number of fused-ring (bicyclic) bond motifs is 1. The van der Waals surface area contributed by atoms with Gasteiger partial charge in [0.2, 0.25) is 0 Å². The molecule has 0 saturated heterocycles. The Bertz CT molecular complexity index is 671. The maximum absolute atomic E-state index is 5.67. The molecule has 1 aromatic carbocycles. The van der Waals surface area contributed by atoms with Crippen molar-refractivity contribution in [2.45, 2.75) is 0 Å². The number of halogens is 1. The average molecular weight is 288 g/mol. The second kappa shape index (κ2) is 3.89. The molecule has 0 unspecified atom stereocenters. The lowest BCUT2D eigenvalue weighted by molar-refractivity contribution is 1.35. The van der Waals surface area contributed by atoms with Crippen molar-refractivity contribution in [3.8, 4) is 11.3 Å². The Morgan fingerprint density at radius 3 is 2.59 bits per heavy atom. The summed E-state index contributed by atoms with van der Waals surface area (Å²) in [7, 11) is 0. The topological polar surface area (TPSA) is 54.7 Å². The van der Waals surface area contributed by atoms with Crippen LogP contribution in [0.25, 0.3) is 22.3 Å². The standard InChI is InChI=1S/C13H10BrN3/c14-13-6-5-10-12(17-13)7-11(16-10)8-1-3-9(15)4-2-8/h1-7,16H,15H2. The molecular formula is C13H10BrN3. The number of rotatable bonds is 1. The summed E-state index contributed by atoms with van der Waals surface area (Å²) in [4.78, 5) is 7.73. The SMILES string of the molecule is Nc1ccc(-c2cc3nc(Br)ccc3[nH]2)cc1. The largest absolute Gasteiger partial charge is 0.399 e. The van der Waals surface area contributed by atoms with Crippen LogP contribution in [0.4, 0.5) is 5.69 Å². The minimum absolute atomic E-state index is 0.769. The fourth-order valence-electron chi connectivity index (χ4n) is 1.80. The van der Waals surface area contributed by atoms with Crippen molar-refractivity contribution in [2.75, 3.05) is 5.73 Å². The summed E-state index contributed by atoms with van der Waals surface area (Å²) in [5.41, 5.74) is 10.6.